The first-order valence-electron chi connectivity index (χ1n) is 22.8. The highest BCUT2D eigenvalue weighted by molar-refractivity contribution is 6.09. The number of fused-ring (bicyclic) bond motifs is 2. The van der Waals surface area contributed by atoms with Gasteiger partial charge in [-0.05, 0) is 122 Å². The molecule has 0 radical (unpaired) electrons. The Kier molecular flexibility index (Phi) is 19.2. The van der Waals surface area contributed by atoms with E-state index in [1.165, 1.54) is 0 Å². The molecule has 6 aromatic rings. The monoisotopic (exact) mass is 896 g/mol. The van der Waals surface area contributed by atoms with Gasteiger partial charge < -0.3 is 41.0 Å². The van der Waals surface area contributed by atoms with Crippen LogP contribution >= 0.6 is 0 Å². The van der Waals surface area contributed by atoms with Gasteiger partial charge in [0.15, 0.2) is 0 Å². The first-order valence-corrected chi connectivity index (χ1v) is 22.8. The molecule has 0 saturated heterocycles. The molecule has 0 unspecified atom stereocenters. The van der Waals surface area contributed by atoms with Crippen molar-refractivity contribution in [2.24, 2.45) is 11.5 Å². The maximum Gasteiger partial charge on any atom is 0.329 e. The van der Waals surface area contributed by atoms with Gasteiger partial charge in [0.2, 0.25) is 11.8 Å². The molecule has 6 N–H and O–H groups in total. The number of amides is 2. The third kappa shape index (κ3) is 14.6. The van der Waals surface area contributed by atoms with E-state index in [0.717, 1.165) is 32.7 Å². The summed E-state index contributed by atoms with van der Waals surface area (Å²) in [4.78, 5) is 61.0. The summed E-state index contributed by atoms with van der Waals surface area (Å²) in [7, 11) is 0. The molecule has 0 bridgehead atoms. The number of unbranched alkanes of at least 4 members (excludes halogenated alkanes) is 2. The molecule has 2 heterocycles. The Bertz CT molecular complexity index is 2320. The van der Waals surface area contributed by atoms with Gasteiger partial charge in [0.05, 0.1) is 24.6 Å². The Hall–Kier alpha value is -6.90. The molecule has 0 aliphatic carbocycles. The third-order valence-corrected chi connectivity index (χ3v) is 11.0. The summed E-state index contributed by atoms with van der Waals surface area (Å²) in [6.07, 6.45) is 7.84. The third-order valence-electron chi connectivity index (χ3n) is 11.0. The zero-order valence-corrected chi connectivity index (χ0v) is 37.3. The molecule has 0 saturated carbocycles. The van der Waals surface area contributed by atoms with Crippen molar-refractivity contribution in [1.29, 1.82) is 0 Å². The van der Waals surface area contributed by atoms with E-state index in [4.69, 9.17) is 30.4 Å². The SMILES string of the molecule is NCCCC[C@@H](NC(=O)CCCOc1ccc2ccccc2c1-c1c(OCCCC(=O)N[C@H](CCCCN)C(=O)OCc2ccccn2)ccc2ccccc12)C(=O)OCc1ccccn1. The van der Waals surface area contributed by atoms with Gasteiger partial charge in [-0.25, -0.2) is 9.59 Å². The van der Waals surface area contributed by atoms with Gasteiger partial charge in [0, 0.05) is 36.4 Å². The summed E-state index contributed by atoms with van der Waals surface area (Å²) in [5, 5.41) is 9.65. The minimum atomic E-state index is -0.810. The number of aromatic nitrogens is 2. The second kappa shape index (κ2) is 26.2. The van der Waals surface area contributed by atoms with E-state index >= 15 is 0 Å². The first kappa shape index (κ1) is 48.6. The van der Waals surface area contributed by atoms with E-state index in [2.05, 4.69) is 20.6 Å². The Morgan fingerprint density at radius 3 is 1.33 bits per heavy atom. The average molecular weight is 897 g/mol. The molecule has 0 aliphatic rings. The van der Waals surface area contributed by atoms with E-state index < -0.39 is 24.0 Å². The fraction of sp³-hybridized carbons (Fsp3) is 0.346. The van der Waals surface area contributed by atoms with Crippen molar-refractivity contribution in [1.82, 2.24) is 20.6 Å². The van der Waals surface area contributed by atoms with Crippen molar-refractivity contribution in [3.05, 3.63) is 133 Å². The molecule has 14 nitrogen and oxygen atoms in total. The Balaban J connectivity index is 1.11. The van der Waals surface area contributed by atoms with Crippen molar-refractivity contribution in [3.63, 3.8) is 0 Å². The van der Waals surface area contributed by atoms with Gasteiger partial charge in [-0.3, -0.25) is 19.6 Å². The quantitative estimate of drug-likeness (QED) is 0.0293. The summed E-state index contributed by atoms with van der Waals surface area (Å²) < 4.78 is 24.1. The largest absolute Gasteiger partial charge is 0.493 e. The van der Waals surface area contributed by atoms with Crippen molar-refractivity contribution in [3.8, 4) is 22.6 Å². The van der Waals surface area contributed by atoms with Crippen molar-refractivity contribution >= 4 is 45.3 Å². The van der Waals surface area contributed by atoms with Gasteiger partial charge in [0.1, 0.15) is 36.8 Å². The standard InChI is InChI=1S/C52H60N6O8/c53-29-9-5-21-43(51(61)65-35-39-17-7-11-31-55-39)57-47(59)23-13-33-63-45-27-25-37-15-1-3-19-41(37)49(45)50-42-20-4-2-16-38(42)26-28-46(50)64-34-14-24-48(60)58-44(22-6-10-30-54)52(62)66-36-40-18-8-12-32-56-40/h1-4,7-8,11-12,15-20,25-28,31-32,43-44H,5-6,9-10,13-14,21-24,29-30,33-36,53-54H2,(H,57,59)(H,58,60)/t43-,44-/m1/s1. The fourth-order valence-electron chi connectivity index (χ4n) is 7.56. The van der Waals surface area contributed by atoms with Crippen LogP contribution in [-0.2, 0) is 41.9 Å². The topological polar surface area (TPSA) is 207 Å². The van der Waals surface area contributed by atoms with E-state index in [1.54, 1.807) is 36.7 Å². The molecule has 2 amide bonds. The smallest absolute Gasteiger partial charge is 0.329 e. The average Bonchev–Trinajstić information content (AvgIpc) is 3.35. The predicted molar refractivity (Wildman–Crippen MR) is 254 cm³/mol. The normalized spacial score (nSPS) is 12.0. The van der Waals surface area contributed by atoms with Crippen LogP contribution in [-0.4, -0.2) is 72.1 Å². The molecule has 66 heavy (non-hydrogen) atoms. The van der Waals surface area contributed by atoms with Gasteiger partial charge in [-0.15, -0.1) is 0 Å². The summed E-state index contributed by atoms with van der Waals surface area (Å²) in [5.74, 6) is -0.378. The zero-order chi connectivity index (χ0) is 46.4. The Morgan fingerprint density at radius 2 is 0.924 bits per heavy atom. The van der Waals surface area contributed by atoms with E-state index in [-0.39, 0.29) is 51.1 Å². The molecule has 4 aromatic carbocycles. The number of hydrogen-bond donors (Lipinski definition) is 4. The van der Waals surface area contributed by atoms with Crippen LogP contribution < -0.4 is 31.6 Å². The lowest BCUT2D eigenvalue weighted by Crippen LogP contribution is -2.42. The zero-order valence-electron chi connectivity index (χ0n) is 37.3. The number of rotatable bonds is 27. The Morgan fingerprint density at radius 1 is 0.500 bits per heavy atom. The fourth-order valence-corrected chi connectivity index (χ4v) is 7.56. The lowest BCUT2D eigenvalue weighted by atomic mass is 9.92. The van der Waals surface area contributed by atoms with Gasteiger partial charge in [0.25, 0.3) is 0 Å². The summed E-state index contributed by atoms with van der Waals surface area (Å²) >= 11 is 0. The molecule has 2 aromatic heterocycles. The van der Waals surface area contributed by atoms with Gasteiger partial charge >= 0.3 is 11.9 Å². The van der Waals surface area contributed by atoms with Crippen molar-refractivity contribution < 1.29 is 38.1 Å². The van der Waals surface area contributed by atoms with Crippen LogP contribution in [0, 0.1) is 0 Å². The highest BCUT2D eigenvalue weighted by Gasteiger charge is 2.24. The van der Waals surface area contributed by atoms with Crippen molar-refractivity contribution in [2.45, 2.75) is 89.5 Å². The van der Waals surface area contributed by atoms with Crippen LogP contribution in [0.15, 0.2) is 122 Å². The molecular weight excluding hydrogens is 837 g/mol. The van der Waals surface area contributed by atoms with Crippen LogP contribution in [0.1, 0.15) is 75.6 Å². The molecule has 14 heteroatoms. The number of nitrogens with two attached hydrogens (primary N) is 2. The molecular formula is C52H60N6O8. The van der Waals surface area contributed by atoms with Crippen LogP contribution in [0.4, 0.5) is 0 Å². The Labute approximate surface area is 385 Å². The second-order valence-electron chi connectivity index (χ2n) is 15.9. The maximum atomic E-state index is 13.2. The first-order chi connectivity index (χ1) is 32.3. The van der Waals surface area contributed by atoms with Gasteiger partial charge in [-0.1, -0.05) is 72.8 Å². The number of nitrogens with zero attached hydrogens (tertiary/aromatic N) is 2. The molecule has 6 rings (SSSR count). The van der Waals surface area contributed by atoms with E-state index in [1.807, 2.05) is 84.9 Å². The van der Waals surface area contributed by atoms with E-state index in [9.17, 15) is 19.2 Å². The number of carbonyl (C=O) groups is 4. The number of benzene rings is 4. The molecule has 0 aliphatic heterocycles. The molecule has 0 spiro atoms. The van der Waals surface area contributed by atoms with Crippen LogP contribution in [0.5, 0.6) is 11.5 Å². The number of esters is 2. The number of pyridine rings is 2. The molecule has 2 atom stereocenters. The van der Waals surface area contributed by atoms with Crippen LogP contribution in [0.25, 0.3) is 32.7 Å². The number of ether oxygens (including phenoxy) is 4. The minimum Gasteiger partial charge on any atom is -0.493 e. The number of carbonyl (C=O) groups excluding carboxylic acids is 4. The van der Waals surface area contributed by atoms with E-state index in [0.29, 0.717) is 87.3 Å². The molecule has 0 fully saturated rings. The van der Waals surface area contributed by atoms with Crippen LogP contribution in [0.3, 0.4) is 0 Å². The highest BCUT2D eigenvalue weighted by Crippen LogP contribution is 2.45. The summed E-state index contributed by atoms with van der Waals surface area (Å²) in [6.45, 7) is 1.43. The highest BCUT2D eigenvalue weighted by atomic mass is 16.5. The lowest BCUT2D eigenvalue weighted by molar-refractivity contribution is -0.150. The summed E-state index contributed by atoms with van der Waals surface area (Å²) in [6, 6.07) is 33.1. The van der Waals surface area contributed by atoms with Gasteiger partial charge in [-0.2, -0.15) is 0 Å². The molecule has 346 valence electrons. The number of hydrogen-bond acceptors (Lipinski definition) is 12. The predicted octanol–water partition coefficient (Wildman–Crippen LogP) is 7.48. The lowest BCUT2D eigenvalue weighted by Gasteiger charge is -2.20. The van der Waals surface area contributed by atoms with Crippen LogP contribution in [0.2, 0.25) is 0 Å². The van der Waals surface area contributed by atoms with Crippen molar-refractivity contribution in [2.75, 3.05) is 26.3 Å². The second-order valence-corrected chi connectivity index (χ2v) is 15.9. The summed E-state index contributed by atoms with van der Waals surface area (Å²) in [5.41, 5.74) is 14.3. The number of nitrogens with one attached hydrogen (secondary N) is 2. The maximum absolute atomic E-state index is 13.2. The minimum absolute atomic E-state index is 0.0101.